The molecule has 1 aliphatic carbocycles. The third-order valence-electron chi connectivity index (χ3n) is 3.59. The van der Waals surface area contributed by atoms with Crippen LogP contribution in [0, 0.1) is 17.7 Å². The van der Waals surface area contributed by atoms with Gasteiger partial charge in [0.1, 0.15) is 5.82 Å². The van der Waals surface area contributed by atoms with Crippen LogP contribution in [-0.4, -0.2) is 24.0 Å². The first-order valence-electron chi connectivity index (χ1n) is 6.41. The van der Waals surface area contributed by atoms with E-state index in [1.165, 1.54) is 30.1 Å². The molecule has 2 rings (SSSR count). The molecular weight excluding hydrogens is 261 g/mol. The van der Waals surface area contributed by atoms with Crippen LogP contribution in [0.2, 0.25) is 0 Å². The van der Waals surface area contributed by atoms with Gasteiger partial charge in [0.05, 0.1) is 11.8 Å². The van der Waals surface area contributed by atoms with Crippen LogP contribution in [0.5, 0.6) is 0 Å². The molecule has 106 valence electrons. The number of carbonyl (C=O) groups is 2. The van der Waals surface area contributed by atoms with Crippen LogP contribution < -0.4 is 4.90 Å². The Hall–Kier alpha value is -2.17. The lowest BCUT2D eigenvalue weighted by Gasteiger charge is -2.28. The number of amides is 1. The summed E-state index contributed by atoms with van der Waals surface area (Å²) >= 11 is 0. The Morgan fingerprint density at radius 1 is 1.25 bits per heavy atom. The van der Waals surface area contributed by atoms with E-state index in [9.17, 15) is 19.1 Å². The Labute approximate surface area is 116 Å². The van der Waals surface area contributed by atoms with Crippen molar-refractivity contribution in [2.24, 2.45) is 11.8 Å². The fourth-order valence-electron chi connectivity index (χ4n) is 2.42. The van der Waals surface area contributed by atoms with Gasteiger partial charge in [0.25, 0.3) is 0 Å². The van der Waals surface area contributed by atoms with E-state index in [1.54, 1.807) is 12.1 Å². The van der Waals surface area contributed by atoms with Gasteiger partial charge in [0.15, 0.2) is 0 Å². The molecule has 1 aromatic carbocycles. The number of carbonyl (C=O) groups excluding carboxylic acids is 1. The Morgan fingerprint density at radius 2 is 1.90 bits per heavy atom. The Bertz CT molecular complexity index is 556. The molecule has 1 N–H and O–H groups in total. The standard InChI is InChI=1S/C15H16FNO3/c1-17(11-6-4-5-10(16)9-11)14(18)12-7-2-3-8-13(12)15(19)20/h2-6,9,12-13H,7-8H2,1H3,(H,19,20)/t12-,13+/m1/s1. The molecule has 0 spiro atoms. The first-order valence-corrected chi connectivity index (χ1v) is 6.41. The van der Waals surface area contributed by atoms with Crippen molar-refractivity contribution < 1.29 is 19.1 Å². The van der Waals surface area contributed by atoms with Crippen molar-refractivity contribution >= 4 is 17.6 Å². The number of carboxylic acids is 1. The van der Waals surface area contributed by atoms with Crippen LogP contribution in [0.4, 0.5) is 10.1 Å². The van der Waals surface area contributed by atoms with Crippen LogP contribution >= 0.6 is 0 Å². The molecule has 4 nitrogen and oxygen atoms in total. The zero-order chi connectivity index (χ0) is 14.7. The number of nitrogens with zero attached hydrogens (tertiary/aromatic N) is 1. The third kappa shape index (κ3) is 2.87. The van der Waals surface area contributed by atoms with Crippen LogP contribution in [0.1, 0.15) is 12.8 Å². The number of anilines is 1. The molecule has 0 heterocycles. The van der Waals surface area contributed by atoms with E-state index in [-0.39, 0.29) is 5.91 Å². The van der Waals surface area contributed by atoms with Crippen molar-refractivity contribution in [2.45, 2.75) is 12.8 Å². The number of carboxylic acid groups (broad SMARTS) is 1. The van der Waals surface area contributed by atoms with Crippen molar-refractivity contribution in [1.82, 2.24) is 0 Å². The van der Waals surface area contributed by atoms with Gasteiger partial charge in [0.2, 0.25) is 5.91 Å². The number of rotatable bonds is 3. The van der Waals surface area contributed by atoms with Gasteiger partial charge in [-0.1, -0.05) is 18.2 Å². The molecule has 0 aromatic heterocycles. The van der Waals surface area contributed by atoms with E-state index in [4.69, 9.17) is 0 Å². The fourth-order valence-corrected chi connectivity index (χ4v) is 2.42. The summed E-state index contributed by atoms with van der Waals surface area (Å²) < 4.78 is 13.2. The highest BCUT2D eigenvalue weighted by Gasteiger charge is 2.35. The van der Waals surface area contributed by atoms with E-state index in [0.717, 1.165) is 0 Å². The smallest absolute Gasteiger partial charge is 0.307 e. The summed E-state index contributed by atoms with van der Waals surface area (Å²) in [5.74, 6) is -3.03. The Balaban J connectivity index is 2.21. The zero-order valence-electron chi connectivity index (χ0n) is 11.1. The molecule has 1 aliphatic rings. The quantitative estimate of drug-likeness (QED) is 0.863. The van der Waals surface area contributed by atoms with Gasteiger partial charge in [0, 0.05) is 12.7 Å². The summed E-state index contributed by atoms with van der Waals surface area (Å²) in [6.07, 6.45) is 4.35. The number of aliphatic carboxylic acids is 1. The average Bonchev–Trinajstić information content (AvgIpc) is 2.45. The predicted molar refractivity (Wildman–Crippen MR) is 72.8 cm³/mol. The van der Waals surface area contributed by atoms with Gasteiger partial charge >= 0.3 is 5.97 Å². The van der Waals surface area contributed by atoms with Gasteiger partial charge < -0.3 is 10.0 Å². The molecule has 0 bridgehead atoms. The summed E-state index contributed by atoms with van der Waals surface area (Å²) in [6.45, 7) is 0. The van der Waals surface area contributed by atoms with Crippen molar-refractivity contribution in [3.05, 3.63) is 42.2 Å². The van der Waals surface area contributed by atoms with Crippen molar-refractivity contribution in [3.8, 4) is 0 Å². The second kappa shape index (κ2) is 5.86. The Kier molecular flexibility index (Phi) is 4.17. The minimum Gasteiger partial charge on any atom is -0.481 e. The molecule has 0 radical (unpaired) electrons. The molecule has 1 amide bonds. The summed E-state index contributed by atoms with van der Waals surface area (Å²) in [5, 5.41) is 9.19. The molecular formula is C15H16FNO3. The summed E-state index contributed by atoms with van der Waals surface area (Å²) in [7, 11) is 1.54. The molecule has 0 unspecified atom stereocenters. The highest BCUT2D eigenvalue weighted by atomic mass is 19.1. The summed E-state index contributed by atoms with van der Waals surface area (Å²) in [6, 6.07) is 5.69. The first-order chi connectivity index (χ1) is 9.50. The molecule has 1 aromatic rings. The van der Waals surface area contributed by atoms with Crippen LogP contribution in [-0.2, 0) is 9.59 Å². The highest BCUT2D eigenvalue weighted by Crippen LogP contribution is 2.29. The molecule has 0 saturated heterocycles. The van der Waals surface area contributed by atoms with Gasteiger partial charge in [-0.3, -0.25) is 9.59 Å². The van der Waals surface area contributed by atoms with Gasteiger partial charge in [-0.25, -0.2) is 4.39 Å². The van der Waals surface area contributed by atoms with Crippen molar-refractivity contribution in [3.63, 3.8) is 0 Å². The highest BCUT2D eigenvalue weighted by molar-refractivity contribution is 5.97. The fraction of sp³-hybridized carbons (Fsp3) is 0.333. The average molecular weight is 277 g/mol. The van der Waals surface area contributed by atoms with E-state index in [0.29, 0.717) is 18.5 Å². The number of hydrogen-bond donors (Lipinski definition) is 1. The topological polar surface area (TPSA) is 57.6 Å². The minimum absolute atomic E-state index is 0.299. The van der Waals surface area contributed by atoms with Gasteiger partial charge in [-0.15, -0.1) is 0 Å². The second-order valence-electron chi connectivity index (χ2n) is 4.87. The van der Waals surface area contributed by atoms with Crippen LogP contribution in [0.3, 0.4) is 0 Å². The molecule has 20 heavy (non-hydrogen) atoms. The largest absolute Gasteiger partial charge is 0.481 e. The van der Waals surface area contributed by atoms with Gasteiger partial charge in [-0.05, 0) is 31.0 Å². The SMILES string of the molecule is CN(C(=O)[C@@H]1CC=CC[C@@H]1C(=O)O)c1cccc(F)c1. The van der Waals surface area contributed by atoms with Crippen LogP contribution in [0.25, 0.3) is 0 Å². The molecule has 0 saturated carbocycles. The maximum Gasteiger partial charge on any atom is 0.307 e. The van der Waals surface area contributed by atoms with E-state index < -0.39 is 23.6 Å². The number of hydrogen-bond acceptors (Lipinski definition) is 2. The molecule has 0 fully saturated rings. The molecule has 5 heteroatoms. The normalized spacial score (nSPS) is 21.5. The number of allylic oxidation sites excluding steroid dienone is 2. The number of halogens is 1. The monoisotopic (exact) mass is 277 g/mol. The predicted octanol–water partition coefficient (Wildman–Crippen LogP) is 2.46. The molecule has 0 aliphatic heterocycles. The summed E-state index contributed by atoms with van der Waals surface area (Å²) in [5.41, 5.74) is 0.425. The maximum absolute atomic E-state index is 13.2. The lowest BCUT2D eigenvalue weighted by molar-refractivity contribution is -0.146. The lowest BCUT2D eigenvalue weighted by atomic mass is 9.82. The van der Waals surface area contributed by atoms with Crippen molar-refractivity contribution in [1.29, 1.82) is 0 Å². The van der Waals surface area contributed by atoms with Crippen LogP contribution in [0.15, 0.2) is 36.4 Å². The second-order valence-corrected chi connectivity index (χ2v) is 4.87. The minimum atomic E-state index is -0.972. The lowest BCUT2D eigenvalue weighted by Crippen LogP contribution is -2.40. The maximum atomic E-state index is 13.2. The first kappa shape index (κ1) is 14.2. The zero-order valence-corrected chi connectivity index (χ0v) is 11.1. The third-order valence-corrected chi connectivity index (χ3v) is 3.59. The van der Waals surface area contributed by atoms with E-state index in [1.807, 2.05) is 6.08 Å². The van der Waals surface area contributed by atoms with Crippen molar-refractivity contribution in [2.75, 3.05) is 11.9 Å². The van der Waals surface area contributed by atoms with E-state index in [2.05, 4.69) is 0 Å². The molecule has 2 atom stereocenters. The summed E-state index contributed by atoms with van der Waals surface area (Å²) in [4.78, 5) is 25.0. The van der Waals surface area contributed by atoms with E-state index >= 15 is 0 Å². The number of benzene rings is 1. The van der Waals surface area contributed by atoms with Gasteiger partial charge in [-0.2, -0.15) is 0 Å². The Morgan fingerprint density at radius 3 is 2.50 bits per heavy atom.